The van der Waals surface area contributed by atoms with E-state index in [9.17, 15) is 22.4 Å². The molecule has 2 aliphatic rings. The maximum absolute atomic E-state index is 13.8. The Morgan fingerprint density at radius 3 is 2.47 bits per heavy atom. The van der Waals surface area contributed by atoms with Gasteiger partial charge in [0.2, 0.25) is 0 Å². The van der Waals surface area contributed by atoms with E-state index in [1.807, 2.05) is 0 Å². The molecule has 1 N–H and O–H groups in total. The summed E-state index contributed by atoms with van der Waals surface area (Å²) in [4.78, 5) is 17.6. The van der Waals surface area contributed by atoms with Crippen molar-refractivity contribution in [2.24, 2.45) is 0 Å². The van der Waals surface area contributed by atoms with Gasteiger partial charge in [0.05, 0.1) is 11.8 Å². The lowest BCUT2D eigenvalue weighted by atomic mass is 9.94. The highest BCUT2D eigenvalue weighted by Crippen LogP contribution is 2.38. The molecule has 1 fully saturated rings. The van der Waals surface area contributed by atoms with Crippen molar-refractivity contribution < 1.29 is 27.1 Å². The molecule has 5 rings (SSSR count). The van der Waals surface area contributed by atoms with Crippen LogP contribution in [0.5, 0.6) is 5.75 Å². The average molecular weight is 501 g/mol. The minimum absolute atomic E-state index is 0.230. The molecule has 188 valence electrons. The van der Waals surface area contributed by atoms with Gasteiger partial charge in [0.15, 0.2) is 0 Å². The fraction of sp³-hybridized carbons (Fsp3) is 0.280. The molecular formula is C25H23F4N5O2. The summed E-state index contributed by atoms with van der Waals surface area (Å²) in [6.45, 7) is 3.75. The molecule has 1 amide bonds. The molecule has 3 heterocycles. The molecule has 0 spiro atoms. The Morgan fingerprint density at radius 1 is 1.06 bits per heavy atom. The summed E-state index contributed by atoms with van der Waals surface area (Å²) in [7, 11) is 0. The van der Waals surface area contributed by atoms with Crippen LogP contribution >= 0.6 is 0 Å². The number of aromatic nitrogens is 2. The molecule has 1 saturated heterocycles. The van der Waals surface area contributed by atoms with E-state index in [1.54, 1.807) is 47.0 Å². The molecule has 1 atom stereocenters. The summed E-state index contributed by atoms with van der Waals surface area (Å²) in [5, 5.41) is 7.52. The predicted octanol–water partition coefficient (Wildman–Crippen LogP) is 4.56. The molecule has 11 heteroatoms. The first-order valence-electron chi connectivity index (χ1n) is 11.4. The highest BCUT2D eigenvalue weighted by molar-refractivity contribution is 5.97. The number of hydrogen-bond donors (Lipinski definition) is 1. The number of carbonyl (C=O) groups is 1. The van der Waals surface area contributed by atoms with Crippen LogP contribution < -0.4 is 15.0 Å². The van der Waals surface area contributed by atoms with Crippen LogP contribution in [-0.2, 0) is 4.79 Å². The Bertz CT molecular complexity index is 1290. The second-order valence-corrected chi connectivity index (χ2v) is 8.60. The van der Waals surface area contributed by atoms with Crippen molar-refractivity contribution in [2.75, 3.05) is 36.4 Å². The predicted molar refractivity (Wildman–Crippen MR) is 125 cm³/mol. The van der Waals surface area contributed by atoms with Crippen LogP contribution in [0, 0.1) is 5.82 Å². The number of hydrogen-bond acceptors (Lipinski definition) is 5. The number of nitrogens with one attached hydrogen (secondary N) is 1. The summed E-state index contributed by atoms with van der Waals surface area (Å²) in [6.07, 6.45) is -3.27. The van der Waals surface area contributed by atoms with Crippen molar-refractivity contribution >= 4 is 17.4 Å². The first kappa shape index (κ1) is 23.7. The van der Waals surface area contributed by atoms with Gasteiger partial charge in [-0.15, -0.1) is 13.2 Å². The Hall–Kier alpha value is -4.02. The van der Waals surface area contributed by atoms with Crippen LogP contribution in [0.15, 0.2) is 72.1 Å². The van der Waals surface area contributed by atoms with Crippen LogP contribution in [0.4, 0.5) is 29.1 Å². The van der Waals surface area contributed by atoms with Gasteiger partial charge in [0.25, 0.3) is 5.91 Å². The van der Waals surface area contributed by atoms with E-state index < -0.39 is 12.4 Å². The van der Waals surface area contributed by atoms with Crippen molar-refractivity contribution in [1.82, 2.24) is 14.7 Å². The highest BCUT2D eigenvalue weighted by atomic mass is 19.4. The first-order valence-corrected chi connectivity index (χ1v) is 11.4. The van der Waals surface area contributed by atoms with Crippen molar-refractivity contribution in [3.8, 4) is 5.75 Å². The van der Waals surface area contributed by atoms with Gasteiger partial charge < -0.3 is 19.9 Å². The number of anilines is 2. The molecule has 1 aromatic heterocycles. The van der Waals surface area contributed by atoms with Gasteiger partial charge in [-0.3, -0.25) is 4.79 Å². The highest BCUT2D eigenvalue weighted by Gasteiger charge is 2.37. The lowest BCUT2D eigenvalue weighted by molar-refractivity contribution is -0.274. The quantitative estimate of drug-likeness (QED) is 0.532. The molecule has 7 nitrogen and oxygen atoms in total. The van der Waals surface area contributed by atoms with Crippen LogP contribution in [0.3, 0.4) is 0 Å². The number of ether oxygens (including phenoxy) is 1. The number of nitrogens with zero attached hydrogens (tertiary/aromatic N) is 4. The molecule has 36 heavy (non-hydrogen) atoms. The molecule has 3 aromatic rings. The zero-order valence-electron chi connectivity index (χ0n) is 19.3. The normalized spacial score (nSPS) is 18.1. The zero-order valence-corrected chi connectivity index (χ0v) is 19.3. The third-order valence-corrected chi connectivity index (χ3v) is 6.30. The van der Waals surface area contributed by atoms with Crippen molar-refractivity contribution in [3.63, 3.8) is 0 Å². The van der Waals surface area contributed by atoms with Crippen molar-refractivity contribution in [1.29, 1.82) is 0 Å². The van der Waals surface area contributed by atoms with E-state index >= 15 is 0 Å². The van der Waals surface area contributed by atoms with E-state index in [-0.39, 0.29) is 17.5 Å². The third-order valence-electron chi connectivity index (χ3n) is 6.30. The Balaban J connectivity index is 1.42. The maximum Gasteiger partial charge on any atom is 0.573 e. The van der Waals surface area contributed by atoms with E-state index in [2.05, 4.69) is 20.1 Å². The molecule has 0 aliphatic carbocycles. The molecular weight excluding hydrogens is 478 g/mol. The number of piperazine rings is 1. The summed E-state index contributed by atoms with van der Waals surface area (Å²) in [5.41, 5.74) is 2.31. The van der Waals surface area contributed by atoms with Gasteiger partial charge in [-0.25, -0.2) is 9.07 Å². The fourth-order valence-corrected chi connectivity index (χ4v) is 4.66. The number of halogens is 4. The van der Waals surface area contributed by atoms with E-state index in [4.69, 9.17) is 0 Å². The number of carbonyl (C=O) groups excluding carboxylic acids is 1. The van der Waals surface area contributed by atoms with E-state index in [0.29, 0.717) is 48.8 Å². The van der Waals surface area contributed by atoms with Gasteiger partial charge in [0.1, 0.15) is 23.4 Å². The van der Waals surface area contributed by atoms with Crippen LogP contribution in [-0.4, -0.2) is 53.1 Å². The van der Waals surface area contributed by atoms with Crippen LogP contribution in [0.25, 0.3) is 0 Å². The van der Waals surface area contributed by atoms with Gasteiger partial charge in [0, 0.05) is 43.6 Å². The lowest BCUT2D eigenvalue weighted by Gasteiger charge is -2.38. The minimum atomic E-state index is -4.84. The molecule has 1 unspecified atom stereocenters. The number of allylic oxidation sites excluding steroid dienone is 1. The summed E-state index contributed by atoms with van der Waals surface area (Å²) in [5.74, 6) is -0.289. The lowest BCUT2D eigenvalue weighted by Crippen LogP contribution is -2.50. The Kier molecular flexibility index (Phi) is 6.07. The monoisotopic (exact) mass is 501 g/mol. The molecule has 2 aliphatic heterocycles. The number of fused-ring (bicyclic) bond motifs is 1. The number of benzene rings is 2. The van der Waals surface area contributed by atoms with Crippen LogP contribution in [0.2, 0.25) is 0 Å². The number of rotatable bonds is 4. The third kappa shape index (κ3) is 4.73. The molecule has 0 bridgehead atoms. The van der Waals surface area contributed by atoms with E-state index in [1.165, 1.54) is 30.3 Å². The van der Waals surface area contributed by atoms with Gasteiger partial charge in [-0.2, -0.15) is 5.10 Å². The van der Waals surface area contributed by atoms with Gasteiger partial charge in [-0.05, 0) is 48.9 Å². The van der Waals surface area contributed by atoms with Crippen LogP contribution in [0.1, 0.15) is 18.5 Å². The topological polar surface area (TPSA) is 62.6 Å². The van der Waals surface area contributed by atoms with Gasteiger partial charge >= 0.3 is 6.36 Å². The minimum Gasteiger partial charge on any atom is -0.406 e. The second kappa shape index (κ2) is 9.21. The molecule has 0 saturated carbocycles. The molecule has 0 radical (unpaired) electrons. The van der Waals surface area contributed by atoms with Gasteiger partial charge in [-0.1, -0.05) is 12.1 Å². The summed E-state index contributed by atoms with van der Waals surface area (Å²) < 4.78 is 57.5. The number of alkyl halides is 3. The second-order valence-electron chi connectivity index (χ2n) is 8.60. The van der Waals surface area contributed by atoms with Crippen molar-refractivity contribution in [3.05, 3.63) is 83.4 Å². The smallest absolute Gasteiger partial charge is 0.406 e. The average Bonchev–Trinajstić information content (AvgIpc) is 3.30. The largest absolute Gasteiger partial charge is 0.573 e. The standard InChI is InChI=1S/C25H23F4N5O2/c1-16-22(24(35)33-13-11-32(12-14-33)19-7-5-18(26)6-8-19)23(34-21(31-16)9-10-30-34)17-3-2-4-20(15-17)36-25(27,28)29/h2-10,15,23,31H,11-14H2,1H3. The zero-order chi connectivity index (χ0) is 25.4. The Labute approximate surface area is 204 Å². The molecule has 2 aromatic carbocycles. The van der Waals surface area contributed by atoms with Crippen molar-refractivity contribution in [2.45, 2.75) is 19.3 Å². The summed E-state index contributed by atoms with van der Waals surface area (Å²) >= 11 is 0. The maximum atomic E-state index is 13.8. The first-order chi connectivity index (χ1) is 17.2. The SMILES string of the molecule is CC1=C(C(=O)N2CCN(c3ccc(F)cc3)CC2)C(c2cccc(OC(F)(F)F)c2)n2nccc2N1. The fourth-order valence-electron chi connectivity index (χ4n) is 4.66. The van der Waals surface area contributed by atoms with E-state index in [0.717, 1.165) is 5.69 Å². The Morgan fingerprint density at radius 2 is 1.78 bits per heavy atom. The number of amides is 1. The summed E-state index contributed by atoms with van der Waals surface area (Å²) in [6, 6.07) is 12.8.